The molecule has 2 aliphatic rings. The fraction of sp³-hybridized carbons (Fsp3) is 0.171. The normalized spacial score (nSPS) is 15.6. The average Bonchev–Trinajstić information content (AvgIpc) is 3.43. The van der Waals surface area contributed by atoms with E-state index in [2.05, 4.69) is 131 Å². The summed E-state index contributed by atoms with van der Waals surface area (Å²) in [5.41, 5.74) is 13.0. The molecule has 4 aromatic carbocycles. The second-order valence-corrected chi connectivity index (χ2v) is 16.6. The third-order valence-electron chi connectivity index (χ3n) is 8.01. The van der Waals surface area contributed by atoms with Crippen LogP contribution in [0.1, 0.15) is 48.6 Å². The van der Waals surface area contributed by atoms with E-state index in [-0.39, 0.29) is 24.8 Å². The van der Waals surface area contributed by atoms with E-state index < -0.39 is 21.3 Å². The summed E-state index contributed by atoms with van der Waals surface area (Å²) in [5, 5.41) is 0. The van der Waals surface area contributed by atoms with Gasteiger partial charge in [-0.15, -0.1) is 0 Å². The van der Waals surface area contributed by atoms with E-state index in [1.54, 1.807) is 15.3 Å². The Morgan fingerprint density at radius 2 is 1.39 bits per heavy atom. The van der Waals surface area contributed by atoms with Crippen LogP contribution in [-0.4, -0.2) is 3.21 Å². The number of rotatable bonds is 4. The zero-order valence-electron chi connectivity index (χ0n) is 22.4. The Kier molecular flexibility index (Phi) is 8.94. The van der Waals surface area contributed by atoms with Gasteiger partial charge in [0.25, 0.3) is 0 Å². The van der Waals surface area contributed by atoms with Crippen molar-refractivity contribution in [3.63, 3.8) is 0 Å². The number of aryl methyl sites for hydroxylation is 1. The van der Waals surface area contributed by atoms with Gasteiger partial charge in [0.2, 0.25) is 0 Å². The van der Waals surface area contributed by atoms with Gasteiger partial charge in [-0.1, -0.05) is 0 Å². The van der Waals surface area contributed by atoms with Crippen LogP contribution in [0.5, 0.6) is 0 Å². The van der Waals surface area contributed by atoms with Crippen molar-refractivity contribution in [1.82, 2.24) is 0 Å². The Bertz CT molecular complexity index is 1570. The van der Waals surface area contributed by atoms with E-state index in [9.17, 15) is 0 Å². The smallest absolute Gasteiger partial charge is 1.00 e. The van der Waals surface area contributed by atoms with Gasteiger partial charge in [-0.25, -0.2) is 0 Å². The largest absolute Gasteiger partial charge is 1.00 e. The van der Waals surface area contributed by atoms with Gasteiger partial charge in [0.15, 0.2) is 0 Å². The number of allylic oxidation sites excluding steroid dienone is 4. The van der Waals surface area contributed by atoms with Crippen LogP contribution < -0.4 is 28.1 Å². The molecule has 1 atom stereocenters. The van der Waals surface area contributed by atoms with Gasteiger partial charge in [-0.2, -0.15) is 0 Å². The molecule has 1 unspecified atom stereocenters. The molecular weight excluding hydrogens is 583 g/mol. The zero-order valence-corrected chi connectivity index (χ0v) is 26.3. The summed E-state index contributed by atoms with van der Waals surface area (Å²) in [5.74, 6) is 0.467. The molecule has 38 heavy (non-hydrogen) atoms. The molecule has 6 rings (SSSR count). The molecule has 0 amide bonds. The van der Waals surface area contributed by atoms with Crippen LogP contribution in [0.2, 0.25) is 0 Å². The van der Waals surface area contributed by atoms with E-state index in [0.717, 1.165) is 6.42 Å². The molecule has 0 aliphatic heterocycles. The van der Waals surface area contributed by atoms with Crippen LogP contribution >= 0.6 is 0 Å². The van der Waals surface area contributed by atoms with Crippen molar-refractivity contribution < 1.29 is 46.1 Å². The average molecular weight is 615 g/mol. The minimum absolute atomic E-state index is 0. The first-order valence-corrected chi connectivity index (χ1v) is 16.7. The summed E-state index contributed by atoms with van der Waals surface area (Å²) in [6, 6.07) is 36.4. The van der Waals surface area contributed by atoms with Gasteiger partial charge in [0.1, 0.15) is 0 Å². The zero-order chi connectivity index (χ0) is 24.8. The molecule has 0 nitrogen and oxygen atoms in total. The fourth-order valence-corrected chi connectivity index (χ4v) is 14.5. The SMILES string of the molecule is CC1=[C](/[Zr+2](=[C](\C)c2ccc(C)cc2)[c]2cccc3c2Cc2ccccc2-3)C(C)C=C1c1ccccc1.[Cl-].[Cl-]. The molecule has 0 spiro atoms. The van der Waals surface area contributed by atoms with Gasteiger partial charge >= 0.3 is 224 Å². The van der Waals surface area contributed by atoms with Crippen molar-refractivity contribution in [1.29, 1.82) is 0 Å². The molecule has 0 bridgehead atoms. The number of benzene rings is 4. The molecule has 0 aromatic heterocycles. The van der Waals surface area contributed by atoms with Gasteiger partial charge in [0, 0.05) is 0 Å². The predicted molar refractivity (Wildman–Crippen MR) is 152 cm³/mol. The van der Waals surface area contributed by atoms with Crippen LogP contribution in [0.3, 0.4) is 0 Å². The maximum absolute atomic E-state index is 2.53. The number of hydrogen-bond donors (Lipinski definition) is 0. The van der Waals surface area contributed by atoms with E-state index in [1.807, 2.05) is 0 Å². The van der Waals surface area contributed by atoms with Crippen LogP contribution in [0, 0.1) is 12.8 Å². The maximum Gasteiger partial charge on any atom is -1.00 e. The first kappa shape index (κ1) is 28.7. The van der Waals surface area contributed by atoms with Crippen molar-refractivity contribution in [2.45, 2.75) is 34.1 Å². The van der Waals surface area contributed by atoms with Crippen molar-refractivity contribution >= 4 is 12.1 Å². The molecule has 0 heterocycles. The summed E-state index contributed by atoms with van der Waals surface area (Å²) in [6.45, 7) is 9.44. The molecule has 0 fully saturated rings. The Morgan fingerprint density at radius 3 is 2.13 bits per heavy atom. The monoisotopic (exact) mass is 612 g/mol. The molecule has 3 heteroatoms. The van der Waals surface area contributed by atoms with Gasteiger partial charge < -0.3 is 24.8 Å². The van der Waals surface area contributed by atoms with E-state index in [4.69, 9.17) is 0 Å². The molecule has 0 radical (unpaired) electrons. The third kappa shape index (κ3) is 5.02. The number of halogens is 2. The molecule has 0 saturated carbocycles. The van der Waals surface area contributed by atoms with E-state index in [1.165, 1.54) is 44.5 Å². The second-order valence-electron chi connectivity index (χ2n) is 10.3. The minimum atomic E-state index is -2.49. The van der Waals surface area contributed by atoms with Crippen LogP contribution in [-0.2, 0) is 27.7 Å². The van der Waals surface area contributed by atoms with Gasteiger partial charge in [-0.05, 0) is 0 Å². The standard InChI is InChI=1S/C13H9.C13H13.C9H10.2ClH.Zr/c1-3-7-12-10(5-1)9-11-6-2-4-8-13(11)12;1-10-8-11(2)13(9-10)12-6-4-3-5-7-12;1-3-9-6-4-8(2)5-7-9;;;/h1-5,7-8H,9H2;3-7,9-10H,1-2H3;4-7H,1-2H3;2*1H;/q;;;;;+2/p-2. The molecule has 2 aliphatic carbocycles. The summed E-state index contributed by atoms with van der Waals surface area (Å²) in [7, 11) is 0. The topological polar surface area (TPSA) is 0 Å². The summed E-state index contributed by atoms with van der Waals surface area (Å²) in [4.78, 5) is 0. The third-order valence-corrected chi connectivity index (χ3v) is 16.4. The van der Waals surface area contributed by atoms with Gasteiger partial charge in [-0.3, -0.25) is 0 Å². The van der Waals surface area contributed by atoms with Crippen molar-refractivity contribution in [3.8, 4) is 11.1 Å². The first-order chi connectivity index (χ1) is 17.5. The van der Waals surface area contributed by atoms with Crippen LogP contribution in [0.25, 0.3) is 16.7 Å². The molecule has 0 N–H and O–H groups in total. The Labute approximate surface area is 247 Å². The predicted octanol–water partition coefficient (Wildman–Crippen LogP) is 2.07. The van der Waals surface area contributed by atoms with Crippen LogP contribution in [0.4, 0.5) is 0 Å². The Balaban J connectivity index is 0.00000168. The minimum Gasteiger partial charge on any atom is -1.00 e. The molecule has 190 valence electrons. The maximum atomic E-state index is 2.53. The Hall–Kier alpha value is -2.31. The number of hydrogen-bond acceptors (Lipinski definition) is 0. The Morgan fingerprint density at radius 1 is 0.737 bits per heavy atom. The van der Waals surface area contributed by atoms with Crippen molar-refractivity contribution in [3.05, 3.63) is 140 Å². The summed E-state index contributed by atoms with van der Waals surface area (Å²) < 4.78 is 5.03. The second kappa shape index (κ2) is 11.8. The molecular formula is C35H32Cl2Zr. The number of fused-ring (bicyclic) bond motifs is 3. The summed E-state index contributed by atoms with van der Waals surface area (Å²) in [6.07, 6.45) is 3.59. The fourth-order valence-electron chi connectivity index (χ4n) is 6.18. The van der Waals surface area contributed by atoms with E-state index in [0.29, 0.717) is 5.92 Å². The first-order valence-electron chi connectivity index (χ1n) is 13.0. The van der Waals surface area contributed by atoms with Crippen LogP contribution in [0.15, 0.2) is 112 Å². The van der Waals surface area contributed by atoms with E-state index >= 15 is 0 Å². The summed E-state index contributed by atoms with van der Waals surface area (Å²) >= 11 is -2.49. The van der Waals surface area contributed by atoms with Gasteiger partial charge in [0.05, 0.1) is 0 Å². The quantitative estimate of drug-likeness (QED) is 0.291. The van der Waals surface area contributed by atoms with Crippen molar-refractivity contribution in [2.24, 2.45) is 5.92 Å². The molecule has 0 saturated heterocycles. The van der Waals surface area contributed by atoms with Crippen molar-refractivity contribution in [2.75, 3.05) is 0 Å². The molecule has 4 aromatic rings.